The number of nitrogens with one attached hydrogen (secondary N) is 1. The van der Waals surface area contributed by atoms with Crippen molar-refractivity contribution in [3.8, 4) is 29.2 Å². The van der Waals surface area contributed by atoms with E-state index in [1.54, 1.807) is 36.5 Å². The van der Waals surface area contributed by atoms with Gasteiger partial charge in [-0.05, 0) is 61.9 Å². The monoisotopic (exact) mass is 439 g/mol. The molecule has 0 aliphatic heterocycles. The number of ether oxygens (including phenoxy) is 1. The van der Waals surface area contributed by atoms with Gasteiger partial charge in [-0.2, -0.15) is 5.26 Å². The predicted octanol–water partition coefficient (Wildman–Crippen LogP) is 4.98. The molecule has 4 rings (SSSR count). The molecule has 2 aromatic carbocycles. The Hall–Kier alpha value is -4.51. The lowest BCUT2D eigenvalue weighted by molar-refractivity contribution is -0.116. The van der Waals surface area contributed by atoms with Gasteiger partial charge in [0.05, 0.1) is 0 Å². The standard InChI is InChI=1S/C25H21N5O3/c1-16-5-7-18(8-6-16)25-30-29-23(33-25)12-11-22(31)28-21-10-9-20(14-17(21)2)32-24-19(15-26)4-3-13-27-24/h3-10,13-14H,11-12H2,1-2H3,(H,28,31). The summed E-state index contributed by atoms with van der Waals surface area (Å²) in [5.74, 6) is 1.43. The molecule has 0 spiro atoms. The number of aryl methyl sites for hydroxylation is 3. The summed E-state index contributed by atoms with van der Waals surface area (Å²) in [4.78, 5) is 16.5. The van der Waals surface area contributed by atoms with Crippen molar-refractivity contribution in [1.29, 1.82) is 5.26 Å². The molecule has 0 aliphatic carbocycles. The van der Waals surface area contributed by atoms with Gasteiger partial charge in [0.15, 0.2) is 0 Å². The number of hydrogen-bond acceptors (Lipinski definition) is 7. The first-order valence-electron chi connectivity index (χ1n) is 10.3. The molecule has 164 valence electrons. The van der Waals surface area contributed by atoms with E-state index in [-0.39, 0.29) is 18.2 Å². The molecule has 8 nitrogen and oxygen atoms in total. The third-order valence-electron chi connectivity index (χ3n) is 4.91. The van der Waals surface area contributed by atoms with Crippen molar-refractivity contribution >= 4 is 11.6 Å². The predicted molar refractivity (Wildman–Crippen MR) is 122 cm³/mol. The summed E-state index contributed by atoms with van der Waals surface area (Å²) < 4.78 is 11.4. The quantitative estimate of drug-likeness (QED) is 0.432. The van der Waals surface area contributed by atoms with E-state index in [9.17, 15) is 4.79 Å². The smallest absolute Gasteiger partial charge is 0.247 e. The van der Waals surface area contributed by atoms with Crippen LogP contribution in [0.15, 0.2) is 65.2 Å². The average molecular weight is 439 g/mol. The fourth-order valence-corrected chi connectivity index (χ4v) is 3.11. The highest BCUT2D eigenvalue weighted by Gasteiger charge is 2.12. The van der Waals surface area contributed by atoms with Crippen LogP contribution in [0.4, 0.5) is 5.69 Å². The summed E-state index contributed by atoms with van der Waals surface area (Å²) >= 11 is 0. The van der Waals surface area contributed by atoms with Crippen LogP contribution in [0, 0.1) is 25.2 Å². The molecule has 2 aromatic heterocycles. The summed E-state index contributed by atoms with van der Waals surface area (Å²) in [6, 6.07) is 18.4. The number of carbonyl (C=O) groups excluding carboxylic acids is 1. The Kier molecular flexibility index (Phi) is 6.41. The highest BCUT2D eigenvalue weighted by atomic mass is 16.5. The zero-order valence-electron chi connectivity index (χ0n) is 18.2. The van der Waals surface area contributed by atoms with E-state index < -0.39 is 0 Å². The van der Waals surface area contributed by atoms with Crippen molar-refractivity contribution < 1.29 is 13.9 Å². The van der Waals surface area contributed by atoms with Crippen LogP contribution in [-0.2, 0) is 11.2 Å². The number of rotatable bonds is 7. The number of carbonyl (C=O) groups is 1. The second-order valence-corrected chi connectivity index (χ2v) is 7.46. The van der Waals surface area contributed by atoms with Gasteiger partial charge in [-0.3, -0.25) is 4.79 Å². The number of hydrogen-bond donors (Lipinski definition) is 1. The van der Waals surface area contributed by atoms with Crippen molar-refractivity contribution in [2.75, 3.05) is 5.32 Å². The molecular formula is C25H21N5O3. The minimum absolute atomic E-state index is 0.168. The number of aromatic nitrogens is 3. The molecule has 4 aromatic rings. The van der Waals surface area contributed by atoms with Crippen molar-refractivity contribution in [1.82, 2.24) is 15.2 Å². The van der Waals surface area contributed by atoms with Gasteiger partial charge in [0.1, 0.15) is 17.4 Å². The average Bonchev–Trinajstić information content (AvgIpc) is 3.29. The van der Waals surface area contributed by atoms with Crippen molar-refractivity contribution in [3.05, 3.63) is 83.4 Å². The number of nitrogens with zero attached hydrogens (tertiary/aromatic N) is 4. The number of nitriles is 1. The van der Waals surface area contributed by atoms with E-state index in [0.717, 1.165) is 16.7 Å². The third-order valence-corrected chi connectivity index (χ3v) is 4.91. The molecule has 0 radical (unpaired) electrons. The Bertz CT molecular complexity index is 1320. The SMILES string of the molecule is Cc1ccc(-c2nnc(CCC(=O)Nc3ccc(Oc4ncccc4C#N)cc3C)o2)cc1. The highest BCUT2D eigenvalue weighted by Crippen LogP contribution is 2.27. The van der Waals surface area contributed by atoms with E-state index in [2.05, 4.69) is 20.5 Å². The van der Waals surface area contributed by atoms with Crippen molar-refractivity contribution in [3.63, 3.8) is 0 Å². The van der Waals surface area contributed by atoms with Gasteiger partial charge >= 0.3 is 0 Å². The molecular weight excluding hydrogens is 418 g/mol. The topological polar surface area (TPSA) is 114 Å². The van der Waals surface area contributed by atoms with Gasteiger partial charge in [0.25, 0.3) is 0 Å². The maximum Gasteiger partial charge on any atom is 0.247 e. The molecule has 0 saturated heterocycles. The molecule has 8 heteroatoms. The van der Waals surface area contributed by atoms with E-state index >= 15 is 0 Å². The van der Waals surface area contributed by atoms with E-state index in [4.69, 9.17) is 14.4 Å². The van der Waals surface area contributed by atoms with Crippen LogP contribution >= 0.6 is 0 Å². The summed E-state index contributed by atoms with van der Waals surface area (Å²) in [5.41, 5.74) is 3.82. The fraction of sp³-hybridized carbons (Fsp3) is 0.160. The molecule has 0 atom stereocenters. The van der Waals surface area contributed by atoms with E-state index in [1.165, 1.54) is 0 Å². The van der Waals surface area contributed by atoms with Crippen LogP contribution in [0.25, 0.3) is 11.5 Å². The van der Waals surface area contributed by atoms with Gasteiger partial charge in [0, 0.05) is 30.3 Å². The van der Waals surface area contributed by atoms with Crippen molar-refractivity contribution in [2.45, 2.75) is 26.7 Å². The molecule has 0 fully saturated rings. The van der Waals surface area contributed by atoms with Crippen molar-refractivity contribution in [2.24, 2.45) is 0 Å². The number of benzene rings is 2. The Morgan fingerprint density at radius 1 is 1.12 bits per heavy atom. The first kappa shape index (κ1) is 21.7. The van der Waals surface area contributed by atoms with Gasteiger partial charge < -0.3 is 14.5 Å². The van der Waals surface area contributed by atoms with Crippen LogP contribution in [0.1, 0.15) is 29.0 Å². The lowest BCUT2D eigenvalue weighted by Crippen LogP contribution is -2.13. The summed E-state index contributed by atoms with van der Waals surface area (Å²) in [6.07, 6.45) is 2.10. The largest absolute Gasteiger partial charge is 0.438 e. The lowest BCUT2D eigenvalue weighted by Gasteiger charge is -2.11. The Balaban J connectivity index is 1.34. The van der Waals surface area contributed by atoms with Crippen LogP contribution in [0.2, 0.25) is 0 Å². The maximum absolute atomic E-state index is 12.4. The first-order chi connectivity index (χ1) is 16.0. The molecule has 33 heavy (non-hydrogen) atoms. The van der Waals surface area contributed by atoms with Gasteiger partial charge in [-0.1, -0.05) is 17.7 Å². The molecule has 0 aliphatic rings. The molecule has 0 unspecified atom stereocenters. The van der Waals surface area contributed by atoms with Gasteiger partial charge in [-0.25, -0.2) is 4.98 Å². The second-order valence-electron chi connectivity index (χ2n) is 7.46. The molecule has 1 N–H and O–H groups in total. The molecule has 2 heterocycles. The Morgan fingerprint density at radius 3 is 2.70 bits per heavy atom. The van der Waals surface area contributed by atoms with E-state index in [0.29, 0.717) is 35.2 Å². The minimum atomic E-state index is -0.168. The van der Waals surface area contributed by atoms with Crippen LogP contribution in [-0.4, -0.2) is 21.1 Å². The maximum atomic E-state index is 12.4. The van der Waals surface area contributed by atoms with E-state index in [1.807, 2.05) is 44.2 Å². The summed E-state index contributed by atoms with van der Waals surface area (Å²) in [5, 5.41) is 20.1. The highest BCUT2D eigenvalue weighted by molar-refractivity contribution is 5.91. The zero-order valence-corrected chi connectivity index (χ0v) is 18.2. The third kappa shape index (κ3) is 5.40. The number of anilines is 1. The fourth-order valence-electron chi connectivity index (χ4n) is 3.11. The Morgan fingerprint density at radius 2 is 1.94 bits per heavy atom. The van der Waals surface area contributed by atoms with Crippen LogP contribution in [0.5, 0.6) is 11.6 Å². The zero-order chi connectivity index (χ0) is 23.2. The number of pyridine rings is 1. The molecule has 0 saturated carbocycles. The lowest BCUT2D eigenvalue weighted by atomic mass is 10.1. The number of amides is 1. The minimum Gasteiger partial charge on any atom is -0.438 e. The first-order valence-corrected chi connectivity index (χ1v) is 10.3. The Labute approximate surface area is 190 Å². The van der Waals surface area contributed by atoms with Crippen LogP contribution < -0.4 is 10.1 Å². The second kappa shape index (κ2) is 9.75. The van der Waals surface area contributed by atoms with Crippen LogP contribution in [0.3, 0.4) is 0 Å². The van der Waals surface area contributed by atoms with Gasteiger partial charge in [0.2, 0.25) is 23.6 Å². The normalized spacial score (nSPS) is 10.5. The van der Waals surface area contributed by atoms with Gasteiger partial charge in [-0.15, -0.1) is 10.2 Å². The molecule has 0 bridgehead atoms. The molecule has 1 amide bonds. The summed E-state index contributed by atoms with van der Waals surface area (Å²) in [7, 11) is 0. The summed E-state index contributed by atoms with van der Waals surface area (Å²) in [6.45, 7) is 3.87.